The molecule has 0 amide bonds. The Morgan fingerprint density at radius 1 is 1.29 bits per heavy atom. The van der Waals surface area contributed by atoms with E-state index in [0.717, 1.165) is 0 Å². The number of nitrogens with two attached hydrogens (primary N) is 1. The molecule has 8 heteroatoms. The van der Waals surface area contributed by atoms with Gasteiger partial charge in [-0.1, -0.05) is 11.8 Å². The van der Waals surface area contributed by atoms with E-state index >= 15 is 0 Å². The molecule has 0 aromatic heterocycles. The Kier molecular flexibility index (Phi) is 4.68. The van der Waals surface area contributed by atoms with Crippen molar-refractivity contribution in [2.24, 2.45) is 5.73 Å². The molecule has 1 atom stereocenters. The summed E-state index contributed by atoms with van der Waals surface area (Å²) in [4.78, 5) is 0.0881. The Hall–Kier alpha value is -1.40. The molecule has 1 fully saturated rings. The first-order chi connectivity index (χ1) is 9.82. The molecule has 0 aliphatic carbocycles. The molecule has 21 heavy (non-hydrogen) atoms. The van der Waals surface area contributed by atoms with Crippen LogP contribution in [0.5, 0.6) is 0 Å². The third-order valence-corrected chi connectivity index (χ3v) is 6.36. The largest absolute Gasteiger partial charge is 0.320 e. The smallest absolute Gasteiger partial charge is 0.240 e. The monoisotopic (exact) mass is 328 g/mol. The van der Waals surface area contributed by atoms with Crippen LogP contribution in [0, 0.1) is 11.8 Å². The lowest BCUT2D eigenvalue weighted by atomic mass is 10.2. The fourth-order valence-electron chi connectivity index (χ4n) is 2.05. The van der Waals surface area contributed by atoms with Crippen LogP contribution in [0.1, 0.15) is 12.0 Å². The van der Waals surface area contributed by atoms with Gasteiger partial charge >= 0.3 is 0 Å². The third kappa shape index (κ3) is 4.28. The van der Waals surface area contributed by atoms with Crippen molar-refractivity contribution in [2.45, 2.75) is 17.4 Å². The molecule has 3 N–H and O–H groups in total. The normalized spacial score (nSPS) is 20.7. The number of sulfonamides is 1. The molecule has 0 spiro atoms. The van der Waals surface area contributed by atoms with Gasteiger partial charge in [0.1, 0.15) is 0 Å². The van der Waals surface area contributed by atoms with E-state index < -0.39 is 25.9 Å². The second-order valence-corrected chi connectivity index (χ2v) is 8.69. The molecule has 0 radical (unpaired) electrons. The van der Waals surface area contributed by atoms with E-state index in [2.05, 4.69) is 16.6 Å². The van der Waals surface area contributed by atoms with Gasteiger partial charge in [-0.2, -0.15) is 0 Å². The van der Waals surface area contributed by atoms with Crippen molar-refractivity contribution in [2.75, 3.05) is 18.1 Å². The fourth-order valence-corrected chi connectivity index (χ4v) is 5.10. The molecule has 1 aliphatic rings. The van der Waals surface area contributed by atoms with Crippen LogP contribution in [0.3, 0.4) is 0 Å². The minimum Gasteiger partial charge on any atom is -0.320 e. The van der Waals surface area contributed by atoms with E-state index in [4.69, 9.17) is 5.73 Å². The summed E-state index contributed by atoms with van der Waals surface area (Å²) in [5.41, 5.74) is 5.93. The molecule has 2 rings (SSSR count). The minimum atomic E-state index is -3.72. The predicted molar refractivity (Wildman–Crippen MR) is 79.8 cm³/mol. The first kappa shape index (κ1) is 16.0. The van der Waals surface area contributed by atoms with Crippen LogP contribution in [0.2, 0.25) is 0 Å². The molecule has 1 aromatic rings. The lowest BCUT2D eigenvalue weighted by Gasteiger charge is -2.11. The molecule has 0 bridgehead atoms. The average Bonchev–Trinajstić information content (AvgIpc) is 2.75. The quantitative estimate of drug-likeness (QED) is 0.725. The van der Waals surface area contributed by atoms with Crippen LogP contribution in [-0.4, -0.2) is 40.9 Å². The summed E-state index contributed by atoms with van der Waals surface area (Å²) in [6.45, 7) is 0.234. The van der Waals surface area contributed by atoms with Crippen LogP contribution in [0.15, 0.2) is 29.2 Å². The SMILES string of the molecule is NCC#Cc1ccc(S(=O)(=O)NC2CCS(=O)(=O)C2)cc1. The number of rotatable bonds is 3. The molecule has 1 aromatic carbocycles. The summed E-state index contributed by atoms with van der Waals surface area (Å²) < 4.78 is 49.4. The second-order valence-electron chi connectivity index (χ2n) is 4.75. The lowest BCUT2D eigenvalue weighted by Crippen LogP contribution is -2.35. The second kappa shape index (κ2) is 6.15. The van der Waals surface area contributed by atoms with E-state index in [1.165, 1.54) is 12.1 Å². The first-order valence-electron chi connectivity index (χ1n) is 6.34. The van der Waals surface area contributed by atoms with Crippen molar-refractivity contribution < 1.29 is 16.8 Å². The summed E-state index contributed by atoms with van der Waals surface area (Å²) in [5.74, 6) is 5.35. The number of hydrogen-bond acceptors (Lipinski definition) is 5. The fraction of sp³-hybridized carbons (Fsp3) is 0.385. The highest BCUT2D eigenvalue weighted by Crippen LogP contribution is 2.16. The molecule has 1 heterocycles. The maximum absolute atomic E-state index is 12.2. The van der Waals surface area contributed by atoms with E-state index in [0.29, 0.717) is 12.0 Å². The van der Waals surface area contributed by atoms with E-state index in [1.807, 2.05) is 0 Å². The Morgan fingerprint density at radius 3 is 2.48 bits per heavy atom. The number of sulfone groups is 1. The van der Waals surface area contributed by atoms with Crippen molar-refractivity contribution in [1.29, 1.82) is 0 Å². The highest BCUT2D eigenvalue weighted by Gasteiger charge is 2.31. The maximum atomic E-state index is 12.2. The van der Waals surface area contributed by atoms with Gasteiger partial charge in [0.05, 0.1) is 22.9 Å². The zero-order chi connectivity index (χ0) is 15.5. The molecule has 0 saturated carbocycles. The number of hydrogen-bond donors (Lipinski definition) is 2. The molecular formula is C13H16N2O4S2. The van der Waals surface area contributed by atoms with Gasteiger partial charge in [0.15, 0.2) is 9.84 Å². The van der Waals surface area contributed by atoms with Crippen LogP contribution >= 0.6 is 0 Å². The van der Waals surface area contributed by atoms with E-state index in [1.54, 1.807) is 12.1 Å². The van der Waals surface area contributed by atoms with Crippen molar-refractivity contribution in [1.82, 2.24) is 4.72 Å². The zero-order valence-corrected chi connectivity index (χ0v) is 12.9. The summed E-state index contributed by atoms with van der Waals surface area (Å²) in [6, 6.07) is 5.49. The van der Waals surface area contributed by atoms with Crippen molar-refractivity contribution in [3.05, 3.63) is 29.8 Å². The van der Waals surface area contributed by atoms with Gasteiger partial charge in [-0.25, -0.2) is 21.6 Å². The van der Waals surface area contributed by atoms with E-state index in [9.17, 15) is 16.8 Å². The lowest BCUT2D eigenvalue weighted by molar-refractivity contribution is 0.562. The van der Waals surface area contributed by atoms with Crippen LogP contribution in [0.25, 0.3) is 0 Å². The van der Waals surface area contributed by atoms with Gasteiger partial charge in [-0.3, -0.25) is 0 Å². The standard InChI is InChI=1S/C13H16N2O4S2/c14-8-1-2-11-3-5-13(6-4-11)21(18,19)15-12-7-9-20(16,17)10-12/h3-6,12,15H,7-10,14H2. The van der Waals surface area contributed by atoms with Gasteiger partial charge in [0.25, 0.3) is 0 Å². The zero-order valence-electron chi connectivity index (χ0n) is 11.2. The van der Waals surface area contributed by atoms with Gasteiger partial charge in [0, 0.05) is 11.6 Å². The molecule has 1 unspecified atom stereocenters. The average molecular weight is 328 g/mol. The van der Waals surface area contributed by atoms with E-state index in [-0.39, 0.29) is 22.9 Å². The summed E-state index contributed by atoms with van der Waals surface area (Å²) in [6.07, 6.45) is 0.307. The van der Waals surface area contributed by atoms with Crippen molar-refractivity contribution in [3.63, 3.8) is 0 Å². The maximum Gasteiger partial charge on any atom is 0.240 e. The summed E-state index contributed by atoms with van der Waals surface area (Å²) >= 11 is 0. The molecule has 1 saturated heterocycles. The van der Waals surface area contributed by atoms with Crippen LogP contribution < -0.4 is 10.5 Å². The van der Waals surface area contributed by atoms with Gasteiger partial charge < -0.3 is 5.73 Å². The Labute approximate surface area is 124 Å². The summed E-state index contributed by atoms with van der Waals surface area (Å²) in [5, 5.41) is 0. The van der Waals surface area contributed by atoms with Gasteiger partial charge in [-0.15, -0.1) is 0 Å². The van der Waals surface area contributed by atoms with Crippen LogP contribution in [-0.2, 0) is 19.9 Å². The van der Waals surface area contributed by atoms with Crippen LogP contribution in [0.4, 0.5) is 0 Å². The highest BCUT2D eigenvalue weighted by molar-refractivity contribution is 7.92. The van der Waals surface area contributed by atoms with Crippen molar-refractivity contribution >= 4 is 19.9 Å². The molecule has 6 nitrogen and oxygen atoms in total. The third-order valence-electron chi connectivity index (χ3n) is 3.05. The minimum absolute atomic E-state index is 0.0216. The molecule has 1 aliphatic heterocycles. The molecule has 114 valence electrons. The Morgan fingerprint density at radius 2 is 1.95 bits per heavy atom. The number of benzene rings is 1. The Bertz CT molecular complexity index is 772. The summed E-state index contributed by atoms with van der Waals surface area (Å²) in [7, 11) is -6.84. The van der Waals surface area contributed by atoms with Gasteiger partial charge in [-0.05, 0) is 30.7 Å². The van der Waals surface area contributed by atoms with Gasteiger partial charge in [0.2, 0.25) is 10.0 Å². The topological polar surface area (TPSA) is 106 Å². The highest BCUT2D eigenvalue weighted by atomic mass is 32.2. The number of nitrogens with one attached hydrogen (secondary N) is 1. The Balaban J connectivity index is 2.13. The molecular weight excluding hydrogens is 312 g/mol. The van der Waals surface area contributed by atoms with Crippen molar-refractivity contribution in [3.8, 4) is 11.8 Å². The predicted octanol–water partition coefficient (Wildman–Crippen LogP) is -0.538. The first-order valence-corrected chi connectivity index (χ1v) is 9.65.